The lowest BCUT2D eigenvalue weighted by Crippen LogP contribution is -2.45. The minimum atomic E-state index is -4.69. The summed E-state index contributed by atoms with van der Waals surface area (Å²) in [5.74, 6) is -0.456. The second kappa shape index (κ2) is 18.3. The predicted octanol–water partition coefficient (Wildman–Crippen LogP) is 12.0. The molecule has 1 saturated heterocycles. The van der Waals surface area contributed by atoms with Gasteiger partial charge in [-0.25, -0.2) is 15.0 Å². The molecule has 4 aromatic carbocycles. The summed E-state index contributed by atoms with van der Waals surface area (Å²) in [5, 5.41) is 27.1. The van der Waals surface area contributed by atoms with E-state index in [1.807, 2.05) is 44.2 Å². The monoisotopic (exact) mass is 999 g/mol. The van der Waals surface area contributed by atoms with Crippen LogP contribution in [-0.2, 0) is 23.0 Å². The Morgan fingerprint density at radius 3 is 2.06 bits per heavy atom. The van der Waals surface area contributed by atoms with Gasteiger partial charge in [-0.15, -0.1) is 0 Å². The average Bonchev–Trinajstić information content (AvgIpc) is 3.68. The number of pyridine rings is 2. The number of aromatic nitrogens is 4. The molecule has 1 aliphatic rings. The van der Waals surface area contributed by atoms with Gasteiger partial charge in [0.2, 0.25) is 5.91 Å². The normalized spacial score (nSPS) is 15.6. The zero-order chi connectivity index (χ0) is 47.5. The Bertz CT molecular complexity index is 2990. The van der Waals surface area contributed by atoms with Crippen LogP contribution in [0.5, 0.6) is 11.5 Å². The van der Waals surface area contributed by atoms with Crippen molar-refractivity contribution in [3.05, 3.63) is 144 Å². The standard InChI is InChI=1S/C48H41Cl5F3N5O5/c1-25(2)66-42-39(51)34-21-31(47(63,27-8-6-5-7-9-27)29-16-18-61(19-17-29)26(3)62)22-35(40(34)59-44(42)53)45-57-23-37(60(45)4)48(64,28-10-13-32(49)14-11-28)30-12-15-36-33(20-30)38(50)41(43(52)58-36)65-24-46(54,55)56/h5-15,20-23,25,29,63-64H,16-19,24H2,1-4H3. The third-order valence-corrected chi connectivity index (χ3v) is 13.5. The van der Waals surface area contributed by atoms with Gasteiger partial charge in [-0.3, -0.25) is 4.79 Å². The van der Waals surface area contributed by atoms with E-state index in [4.69, 9.17) is 77.4 Å². The molecule has 10 nitrogen and oxygen atoms in total. The predicted molar refractivity (Wildman–Crippen MR) is 251 cm³/mol. The lowest BCUT2D eigenvalue weighted by Gasteiger charge is -2.42. The highest BCUT2D eigenvalue weighted by atomic mass is 35.5. The van der Waals surface area contributed by atoms with E-state index in [-0.39, 0.29) is 72.0 Å². The summed E-state index contributed by atoms with van der Waals surface area (Å²) in [6.07, 6.45) is -2.56. The second-order valence-corrected chi connectivity index (χ2v) is 18.4. The number of rotatable bonds is 11. The molecule has 8 rings (SSSR count). The van der Waals surface area contributed by atoms with Gasteiger partial charge in [-0.2, -0.15) is 13.2 Å². The number of carbonyl (C=O) groups is 1. The van der Waals surface area contributed by atoms with Crippen LogP contribution in [0.3, 0.4) is 0 Å². The highest BCUT2D eigenvalue weighted by Crippen LogP contribution is 2.49. The van der Waals surface area contributed by atoms with Crippen LogP contribution in [0.15, 0.2) is 91.1 Å². The van der Waals surface area contributed by atoms with Crippen molar-refractivity contribution < 1.29 is 37.7 Å². The highest BCUT2D eigenvalue weighted by Gasteiger charge is 2.44. The smallest absolute Gasteiger partial charge is 0.422 e. The fraction of sp³-hybridized carbons (Fsp3) is 0.292. The third-order valence-electron chi connectivity index (χ3n) is 12.0. The molecule has 2 atom stereocenters. The highest BCUT2D eigenvalue weighted by molar-refractivity contribution is 6.41. The molecule has 1 aliphatic heterocycles. The first-order chi connectivity index (χ1) is 31.2. The van der Waals surface area contributed by atoms with E-state index in [1.54, 1.807) is 59.0 Å². The van der Waals surface area contributed by atoms with Crippen molar-refractivity contribution in [2.45, 2.75) is 57.1 Å². The third kappa shape index (κ3) is 8.75. The molecule has 1 amide bonds. The number of imidazole rings is 1. The molecule has 0 saturated carbocycles. The quantitative estimate of drug-likeness (QED) is 0.123. The van der Waals surface area contributed by atoms with E-state index in [0.29, 0.717) is 64.1 Å². The van der Waals surface area contributed by atoms with Crippen LogP contribution in [0.4, 0.5) is 13.2 Å². The zero-order valence-electron chi connectivity index (χ0n) is 35.7. The van der Waals surface area contributed by atoms with Crippen LogP contribution in [-0.4, -0.2) is 72.5 Å². The van der Waals surface area contributed by atoms with Gasteiger partial charge in [0.15, 0.2) is 34.0 Å². The summed E-state index contributed by atoms with van der Waals surface area (Å²) in [5.41, 5.74) is -0.926. The number of hydrogen-bond acceptors (Lipinski definition) is 8. The minimum absolute atomic E-state index is 0.0161. The molecular formula is C48H41Cl5F3N5O5. The van der Waals surface area contributed by atoms with Crippen LogP contribution in [0, 0.1) is 5.92 Å². The maximum Gasteiger partial charge on any atom is 0.422 e. The van der Waals surface area contributed by atoms with Crippen LogP contribution in [0.25, 0.3) is 33.2 Å². The number of ether oxygens (including phenoxy) is 2. The van der Waals surface area contributed by atoms with Gasteiger partial charge in [0.05, 0.1) is 39.1 Å². The molecule has 1 fully saturated rings. The van der Waals surface area contributed by atoms with E-state index in [0.717, 1.165) is 0 Å². The molecule has 7 aromatic rings. The van der Waals surface area contributed by atoms with E-state index < -0.39 is 29.7 Å². The van der Waals surface area contributed by atoms with Crippen LogP contribution >= 0.6 is 58.0 Å². The fourth-order valence-electron chi connectivity index (χ4n) is 8.78. The Morgan fingerprint density at radius 2 is 1.42 bits per heavy atom. The van der Waals surface area contributed by atoms with Gasteiger partial charge in [0.25, 0.3) is 0 Å². The van der Waals surface area contributed by atoms with Gasteiger partial charge in [0.1, 0.15) is 11.4 Å². The number of hydrogen-bond donors (Lipinski definition) is 2. The average molecular weight is 1000 g/mol. The number of halogens is 8. The first-order valence-electron chi connectivity index (χ1n) is 20.7. The Labute approximate surface area is 402 Å². The molecule has 2 N–H and O–H groups in total. The Morgan fingerprint density at radius 1 is 0.803 bits per heavy atom. The van der Waals surface area contributed by atoms with Crippen molar-refractivity contribution in [2.24, 2.45) is 13.0 Å². The molecule has 0 aliphatic carbocycles. The van der Waals surface area contributed by atoms with Gasteiger partial charge >= 0.3 is 6.18 Å². The number of fused-ring (bicyclic) bond motifs is 2. The fourth-order valence-corrected chi connectivity index (χ4v) is 10.0. The molecule has 2 unspecified atom stereocenters. The molecular weight excluding hydrogens is 961 g/mol. The summed E-state index contributed by atoms with van der Waals surface area (Å²) in [4.78, 5) is 28.1. The lowest BCUT2D eigenvalue weighted by atomic mass is 9.71. The topological polar surface area (TPSA) is 123 Å². The molecule has 0 bridgehead atoms. The molecule has 66 heavy (non-hydrogen) atoms. The van der Waals surface area contributed by atoms with Crippen molar-refractivity contribution >= 4 is 85.7 Å². The van der Waals surface area contributed by atoms with Crippen LogP contribution in [0.2, 0.25) is 25.4 Å². The molecule has 3 aromatic heterocycles. The number of nitrogens with zero attached hydrogens (tertiary/aromatic N) is 5. The summed E-state index contributed by atoms with van der Waals surface area (Å²) in [7, 11) is 1.69. The summed E-state index contributed by atoms with van der Waals surface area (Å²) >= 11 is 33.4. The SMILES string of the molecule is CC(=O)N1CCC(C(O)(c2ccccc2)c2cc(-c3ncc(C(O)(c4ccc(Cl)cc4)c4ccc5nc(Cl)c(OCC(F)(F)F)c(Cl)c5c4)n3C)c3nc(Cl)c(OC(C)C)c(Cl)c3c2)CC1. The number of benzene rings is 4. The van der Waals surface area contributed by atoms with E-state index in [9.17, 15) is 28.2 Å². The number of piperidine rings is 1. The Hall–Kier alpha value is -4.86. The van der Waals surface area contributed by atoms with Gasteiger partial charge in [0, 0.05) is 48.4 Å². The van der Waals surface area contributed by atoms with Gasteiger partial charge in [-0.1, -0.05) is 107 Å². The molecule has 344 valence electrons. The Balaban J connectivity index is 1.37. The summed E-state index contributed by atoms with van der Waals surface area (Å²) in [6.45, 7) is 4.40. The molecule has 18 heteroatoms. The van der Waals surface area contributed by atoms with Crippen molar-refractivity contribution in [2.75, 3.05) is 19.7 Å². The molecule has 0 radical (unpaired) electrons. The van der Waals surface area contributed by atoms with Crippen LogP contribution in [0.1, 0.15) is 61.6 Å². The van der Waals surface area contributed by atoms with Crippen molar-refractivity contribution in [1.82, 2.24) is 24.4 Å². The van der Waals surface area contributed by atoms with Crippen LogP contribution < -0.4 is 9.47 Å². The number of likely N-dealkylation sites (tertiary alicyclic amines) is 1. The minimum Gasteiger partial charge on any atom is -0.486 e. The number of alkyl halides is 3. The largest absolute Gasteiger partial charge is 0.486 e. The molecule has 4 heterocycles. The first-order valence-corrected chi connectivity index (χ1v) is 22.6. The number of carbonyl (C=O) groups excluding carboxylic acids is 1. The lowest BCUT2D eigenvalue weighted by molar-refractivity contribution is -0.153. The zero-order valence-corrected chi connectivity index (χ0v) is 39.5. The van der Waals surface area contributed by atoms with E-state index >= 15 is 0 Å². The number of amides is 1. The van der Waals surface area contributed by atoms with Crippen molar-refractivity contribution in [3.8, 4) is 22.9 Å². The second-order valence-electron chi connectivity index (χ2n) is 16.5. The molecule has 0 spiro atoms. The van der Waals surface area contributed by atoms with E-state index in [1.165, 1.54) is 25.3 Å². The summed E-state index contributed by atoms with van der Waals surface area (Å²) in [6, 6.07) is 23.9. The Kier molecular flexibility index (Phi) is 13.2. The number of aliphatic hydroxyl groups is 2. The maximum atomic E-state index is 13.3. The van der Waals surface area contributed by atoms with Crippen molar-refractivity contribution in [1.29, 1.82) is 0 Å². The van der Waals surface area contributed by atoms with Gasteiger partial charge < -0.3 is 29.2 Å². The first kappa shape index (κ1) is 47.6. The van der Waals surface area contributed by atoms with Crippen molar-refractivity contribution in [3.63, 3.8) is 0 Å². The van der Waals surface area contributed by atoms with Gasteiger partial charge in [-0.05, 0) is 91.3 Å². The summed E-state index contributed by atoms with van der Waals surface area (Å²) < 4.78 is 52.5. The van der Waals surface area contributed by atoms with E-state index in [2.05, 4.69) is 4.98 Å². The maximum absolute atomic E-state index is 13.3.